The molecule has 0 radical (unpaired) electrons. The molecule has 0 aliphatic heterocycles. The van der Waals surface area contributed by atoms with Crippen molar-refractivity contribution < 1.29 is 31.5 Å². The molecular formula is C24H28F5N5O2. The first kappa shape index (κ1) is 25.9. The van der Waals surface area contributed by atoms with Gasteiger partial charge in [0, 0.05) is 31.7 Å². The second kappa shape index (κ2) is 10.8. The van der Waals surface area contributed by atoms with Gasteiger partial charge in [0.05, 0.1) is 5.69 Å². The molecule has 0 atom stereocenters. The van der Waals surface area contributed by atoms with Crippen LogP contribution in [0.3, 0.4) is 0 Å². The number of carbonyl (C=O) groups excluding carboxylic acids is 1. The van der Waals surface area contributed by atoms with Crippen LogP contribution in [0, 0.1) is 29.1 Å². The number of hydrogen-bond donors (Lipinski definition) is 2. The van der Waals surface area contributed by atoms with Crippen molar-refractivity contribution in [2.75, 3.05) is 30.9 Å². The molecule has 4 rings (SSSR count). The smallest absolute Gasteiger partial charge is 0.258 e. The van der Waals surface area contributed by atoms with Gasteiger partial charge in [-0.2, -0.15) is 13.8 Å². The maximum atomic E-state index is 13.7. The van der Waals surface area contributed by atoms with Gasteiger partial charge in [0.1, 0.15) is 5.82 Å². The monoisotopic (exact) mass is 513 g/mol. The summed E-state index contributed by atoms with van der Waals surface area (Å²) in [5, 5.41) is 6.08. The molecule has 2 aliphatic rings. The van der Waals surface area contributed by atoms with E-state index in [9.17, 15) is 26.7 Å². The molecule has 0 unspecified atom stereocenters. The molecule has 0 saturated heterocycles. The summed E-state index contributed by atoms with van der Waals surface area (Å²) in [7, 11) is 3.93. The molecule has 1 saturated carbocycles. The molecule has 1 aromatic carbocycles. The number of ether oxygens (including phenoxy) is 1. The lowest BCUT2D eigenvalue weighted by Gasteiger charge is -2.30. The summed E-state index contributed by atoms with van der Waals surface area (Å²) in [6, 6.07) is -0.100. The van der Waals surface area contributed by atoms with Gasteiger partial charge in [-0.05, 0) is 51.4 Å². The highest BCUT2D eigenvalue weighted by atomic mass is 19.2. The predicted octanol–water partition coefficient (Wildman–Crippen LogP) is 4.04. The van der Waals surface area contributed by atoms with E-state index in [2.05, 4.69) is 15.4 Å². The molecule has 12 heteroatoms. The number of halogens is 5. The molecule has 2 aliphatic carbocycles. The number of fused-ring (bicyclic) bond motifs is 1. The number of amides is 1. The number of carbonyl (C=O) groups is 1. The van der Waals surface area contributed by atoms with Crippen molar-refractivity contribution in [3.8, 4) is 5.75 Å². The van der Waals surface area contributed by atoms with E-state index >= 15 is 0 Å². The predicted molar refractivity (Wildman–Crippen MR) is 123 cm³/mol. The Morgan fingerprint density at radius 3 is 2.11 bits per heavy atom. The number of aryl methyl sites for hydroxylation is 1. The molecule has 36 heavy (non-hydrogen) atoms. The zero-order valence-electron chi connectivity index (χ0n) is 20.1. The summed E-state index contributed by atoms with van der Waals surface area (Å²) in [6.45, 7) is -0.882. The summed E-state index contributed by atoms with van der Waals surface area (Å²) >= 11 is 0. The fourth-order valence-electron chi connectivity index (χ4n) is 4.69. The van der Waals surface area contributed by atoms with E-state index in [1.807, 2.05) is 19.0 Å². The van der Waals surface area contributed by atoms with Gasteiger partial charge in [-0.1, -0.05) is 0 Å². The number of nitrogens with one attached hydrogen (secondary N) is 2. The maximum absolute atomic E-state index is 13.7. The van der Waals surface area contributed by atoms with Crippen molar-refractivity contribution in [1.29, 1.82) is 0 Å². The number of benzene rings is 1. The molecule has 2 N–H and O–H groups in total. The average Bonchev–Trinajstić information content (AvgIpc) is 2.87. The van der Waals surface area contributed by atoms with Crippen LogP contribution in [-0.2, 0) is 17.6 Å². The Labute approximate surface area is 205 Å². The van der Waals surface area contributed by atoms with Crippen molar-refractivity contribution in [1.82, 2.24) is 15.3 Å². The highest BCUT2D eigenvalue weighted by molar-refractivity contribution is 5.77. The molecule has 1 aromatic heterocycles. The highest BCUT2D eigenvalue weighted by Gasteiger charge is 2.28. The van der Waals surface area contributed by atoms with Gasteiger partial charge in [-0.3, -0.25) is 4.79 Å². The standard InChI is InChI=1S/C24H28F5N5O2/c1-34(2)23-14-5-3-4-6-15(14)32-24(33-23)31-13-9-7-12(8-10-13)30-16(35)11-36-22-20(28)18(26)17(25)19(27)21(22)29/h12-13H,3-11H2,1-2H3,(H,30,35)(H,31,32,33)/t12-,13+. The van der Waals surface area contributed by atoms with Crippen molar-refractivity contribution in [3.05, 3.63) is 40.3 Å². The third-order valence-electron chi connectivity index (χ3n) is 6.53. The lowest BCUT2D eigenvalue weighted by molar-refractivity contribution is -0.124. The Morgan fingerprint density at radius 2 is 1.47 bits per heavy atom. The van der Waals surface area contributed by atoms with Crippen molar-refractivity contribution in [2.24, 2.45) is 0 Å². The number of aromatic nitrogens is 2. The van der Waals surface area contributed by atoms with E-state index in [1.54, 1.807) is 0 Å². The van der Waals surface area contributed by atoms with E-state index < -0.39 is 47.3 Å². The first-order valence-electron chi connectivity index (χ1n) is 11.9. The van der Waals surface area contributed by atoms with E-state index in [4.69, 9.17) is 9.97 Å². The van der Waals surface area contributed by atoms with E-state index in [0.29, 0.717) is 18.8 Å². The average molecular weight is 514 g/mol. The largest absolute Gasteiger partial charge is 0.477 e. The summed E-state index contributed by atoms with van der Waals surface area (Å²) in [6.07, 6.45) is 6.83. The van der Waals surface area contributed by atoms with Gasteiger partial charge >= 0.3 is 0 Å². The van der Waals surface area contributed by atoms with Crippen LogP contribution in [0.2, 0.25) is 0 Å². The van der Waals surface area contributed by atoms with Crippen LogP contribution in [0.1, 0.15) is 49.8 Å². The third-order valence-corrected chi connectivity index (χ3v) is 6.53. The second-order valence-electron chi connectivity index (χ2n) is 9.35. The fraction of sp³-hybridized carbons (Fsp3) is 0.542. The van der Waals surface area contributed by atoms with Crippen molar-refractivity contribution in [3.63, 3.8) is 0 Å². The van der Waals surface area contributed by atoms with Crippen LogP contribution in [0.25, 0.3) is 0 Å². The van der Waals surface area contributed by atoms with Crippen molar-refractivity contribution >= 4 is 17.7 Å². The lowest BCUT2D eigenvalue weighted by atomic mass is 9.91. The van der Waals surface area contributed by atoms with Crippen LogP contribution >= 0.6 is 0 Å². The van der Waals surface area contributed by atoms with Gasteiger partial charge in [0.15, 0.2) is 12.4 Å². The van der Waals surface area contributed by atoms with Crippen LogP contribution in [-0.4, -0.2) is 48.7 Å². The van der Waals surface area contributed by atoms with Gasteiger partial charge in [0.2, 0.25) is 35.0 Å². The van der Waals surface area contributed by atoms with E-state index in [1.165, 1.54) is 5.56 Å². The Morgan fingerprint density at radius 1 is 0.889 bits per heavy atom. The first-order valence-corrected chi connectivity index (χ1v) is 11.9. The van der Waals surface area contributed by atoms with Gasteiger partial charge in [-0.25, -0.2) is 18.2 Å². The maximum Gasteiger partial charge on any atom is 0.258 e. The van der Waals surface area contributed by atoms with Crippen LogP contribution in [0.4, 0.5) is 33.7 Å². The zero-order valence-corrected chi connectivity index (χ0v) is 20.1. The first-order chi connectivity index (χ1) is 17.2. The van der Waals surface area contributed by atoms with E-state index in [0.717, 1.165) is 50.0 Å². The Balaban J connectivity index is 1.29. The minimum atomic E-state index is -2.29. The van der Waals surface area contributed by atoms with Crippen LogP contribution < -0.4 is 20.3 Å². The summed E-state index contributed by atoms with van der Waals surface area (Å²) < 4.78 is 71.7. The zero-order chi connectivity index (χ0) is 26.0. The minimum absolute atomic E-state index is 0.111. The molecule has 0 spiro atoms. The number of rotatable bonds is 7. The Hall–Kier alpha value is -3.18. The molecule has 1 amide bonds. The SMILES string of the molecule is CN(C)c1nc(N[C@H]2CC[C@@H](NC(=O)COc3c(F)c(F)c(F)c(F)c3F)CC2)nc2c1CCCC2. The number of nitrogens with zero attached hydrogens (tertiary/aromatic N) is 3. The summed E-state index contributed by atoms with van der Waals surface area (Å²) in [5.74, 6) is -11.5. The normalized spacial score (nSPS) is 19.4. The topological polar surface area (TPSA) is 79.4 Å². The minimum Gasteiger partial charge on any atom is -0.477 e. The summed E-state index contributed by atoms with van der Waals surface area (Å²) in [4.78, 5) is 23.6. The van der Waals surface area contributed by atoms with Gasteiger partial charge < -0.3 is 20.3 Å². The second-order valence-corrected chi connectivity index (χ2v) is 9.35. The lowest BCUT2D eigenvalue weighted by Crippen LogP contribution is -2.42. The molecule has 7 nitrogen and oxygen atoms in total. The van der Waals surface area contributed by atoms with Crippen LogP contribution in [0.5, 0.6) is 5.75 Å². The molecule has 1 heterocycles. The third kappa shape index (κ3) is 5.46. The Bertz CT molecular complexity index is 1110. The summed E-state index contributed by atoms with van der Waals surface area (Å²) in [5.41, 5.74) is 2.29. The quantitative estimate of drug-likeness (QED) is 0.331. The molecular weight excluding hydrogens is 485 g/mol. The molecule has 1 fully saturated rings. The highest BCUT2D eigenvalue weighted by Crippen LogP contribution is 2.30. The number of hydrogen-bond acceptors (Lipinski definition) is 6. The van der Waals surface area contributed by atoms with Gasteiger partial charge in [0.25, 0.3) is 5.91 Å². The number of anilines is 2. The van der Waals surface area contributed by atoms with Crippen molar-refractivity contribution in [2.45, 2.75) is 63.5 Å². The molecule has 196 valence electrons. The van der Waals surface area contributed by atoms with Gasteiger partial charge in [-0.15, -0.1) is 0 Å². The molecule has 2 aromatic rings. The van der Waals surface area contributed by atoms with Crippen LogP contribution in [0.15, 0.2) is 0 Å². The van der Waals surface area contributed by atoms with E-state index in [-0.39, 0.29) is 12.1 Å². The Kier molecular flexibility index (Phi) is 7.79. The molecule has 0 bridgehead atoms. The fourth-order valence-corrected chi connectivity index (χ4v) is 4.69.